The highest BCUT2D eigenvalue weighted by atomic mass is 79.9. The van der Waals surface area contributed by atoms with Crippen LogP contribution in [0.1, 0.15) is 130 Å². The molecule has 6 aromatic rings. The molecular formula is C58H59Br. The highest BCUT2D eigenvalue weighted by Gasteiger charge is 2.26. The molecule has 0 nitrogen and oxygen atoms in total. The zero-order valence-electron chi connectivity index (χ0n) is 36.4. The van der Waals surface area contributed by atoms with Crippen molar-refractivity contribution in [3.63, 3.8) is 0 Å². The number of hydrogen-bond acceptors (Lipinski definition) is 0. The van der Waals surface area contributed by atoms with E-state index in [-0.39, 0.29) is 0 Å². The maximum absolute atomic E-state index is 3.62. The Morgan fingerprint density at radius 2 is 1.10 bits per heavy atom. The first-order valence-electron chi connectivity index (χ1n) is 21.7. The zero-order chi connectivity index (χ0) is 41.4. The van der Waals surface area contributed by atoms with Crippen molar-refractivity contribution >= 4 is 33.7 Å². The van der Waals surface area contributed by atoms with Crippen molar-refractivity contribution < 1.29 is 0 Å². The number of hydrogen-bond donors (Lipinski definition) is 0. The van der Waals surface area contributed by atoms with Gasteiger partial charge >= 0.3 is 0 Å². The van der Waals surface area contributed by atoms with E-state index in [4.69, 9.17) is 0 Å². The van der Waals surface area contributed by atoms with Crippen LogP contribution in [0.15, 0.2) is 115 Å². The van der Waals surface area contributed by atoms with Crippen molar-refractivity contribution in [1.29, 1.82) is 0 Å². The van der Waals surface area contributed by atoms with E-state index in [9.17, 15) is 0 Å². The van der Waals surface area contributed by atoms with Crippen LogP contribution in [0.3, 0.4) is 0 Å². The minimum atomic E-state index is 0.465. The van der Waals surface area contributed by atoms with Crippen molar-refractivity contribution in [2.45, 2.75) is 105 Å². The second-order valence-corrected chi connectivity index (χ2v) is 18.2. The summed E-state index contributed by atoms with van der Waals surface area (Å²) in [6.07, 6.45) is 17.3. The molecule has 4 aliphatic rings. The SMILES string of the molecule is Cc1cc2c(cc1C)C(Cc1ccccc1C1=CCc3cc(C)c(C)cc31)C=C2.Cc1cc2c(cc1C)C(c1ccccc1CBr)CC2.Cc1cc2c(cc1C)CC=C2. The number of aryl methyl sites for hydroxylation is 9. The minimum absolute atomic E-state index is 0.465. The van der Waals surface area contributed by atoms with Gasteiger partial charge in [-0.15, -0.1) is 0 Å². The van der Waals surface area contributed by atoms with Gasteiger partial charge in [0.05, 0.1) is 0 Å². The Morgan fingerprint density at radius 1 is 0.508 bits per heavy atom. The first-order chi connectivity index (χ1) is 28.5. The molecule has 0 radical (unpaired) electrons. The number of benzene rings is 6. The van der Waals surface area contributed by atoms with Crippen LogP contribution in [0.5, 0.6) is 0 Å². The van der Waals surface area contributed by atoms with Crippen LogP contribution in [0, 0.1) is 55.4 Å². The van der Waals surface area contributed by atoms with Gasteiger partial charge in [0.1, 0.15) is 0 Å². The molecule has 2 atom stereocenters. The summed E-state index contributed by atoms with van der Waals surface area (Å²) < 4.78 is 0. The summed E-state index contributed by atoms with van der Waals surface area (Å²) in [6.45, 7) is 17.7. The van der Waals surface area contributed by atoms with Gasteiger partial charge < -0.3 is 0 Å². The Labute approximate surface area is 363 Å². The molecule has 0 bridgehead atoms. The van der Waals surface area contributed by atoms with Crippen LogP contribution in [0.2, 0.25) is 0 Å². The van der Waals surface area contributed by atoms with Crippen molar-refractivity contribution in [3.8, 4) is 0 Å². The van der Waals surface area contributed by atoms with E-state index in [0.717, 1.165) is 24.6 Å². The average Bonchev–Trinajstić information content (AvgIpc) is 4.04. The number of allylic oxidation sites excluding steroid dienone is 3. The number of alkyl halides is 1. The fraction of sp³-hybridized carbons (Fsp3) is 0.276. The van der Waals surface area contributed by atoms with Crippen LogP contribution < -0.4 is 0 Å². The Kier molecular flexibility index (Phi) is 12.0. The van der Waals surface area contributed by atoms with Crippen LogP contribution in [0.4, 0.5) is 0 Å². The molecule has 0 saturated carbocycles. The van der Waals surface area contributed by atoms with Crippen molar-refractivity contribution in [2.75, 3.05) is 0 Å². The van der Waals surface area contributed by atoms with Crippen LogP contribution in [0.25, 0.3) is 17.7 Å². The number of fused-ring (bicyclic) bond motifs is 4. The molecule has 1 heteroatoms. The third kappa shape index (κ3) is 8.42. The third-order valence-corrected chi connectivity index (χ3v) is 14.3. The van der Waals surface area contributed by atoms with Crippen LogP contribution in [-0.4, -0.2) is 0 Å². The van der Waals surface area contributed by atoms with E-state index in [1.165, 1.54) is 119 Å². The Hall–Kier alpha value is -4.98. The topological polar surface area (TPSA) is 0 Å². The molecule has 0 fully saturated rings. The summed E-state index contributed by atoms with van der Waals surface area (Å²) in [6, 6.07) is 36.7. The maximum Gasteiger partial charge on any atom is 0.0286 e. The molecule has 59 heavy (non-hydrogen) atoms. The van der Waals surface area contributed by atoms with E-state index >= 15 is 0 Å². The predicted molar refractivity (Wildman–Crippen MR) is 258 cm³/mol. The van der Waals surface area contributed by atoms with E-state index in [2.05, 4.69) is 199 Å². The highest BCUT2D eigenvalue weighted by Crippen LogP contribution is 2.42. The lowest BCUT2D eigenvalue weighted by atomic mass is 9.86. The molecular weight excluding hydrogens is 777 g/mol. The molecule has 6 aromatic carbocycles. The zero-order valence-corrected chi connectivity index (χ0v) is 38.0. The maximum atomic E-state index is 3.62. The molecule has 0 aromatic heterocycles. The number of rotatable bonds is 5. The molecule has 0 amide bonds. The predicted octanol–water partition coefficient (Wildman–Crippen LogP) is 15.4. The van der Waals surface area contributed by atoms with Gasteiger partial charge in [-0.1, -0.05) is 143 Å². The van der Waals surface area contributed by atoms with E-state index in [1.807, 2.05) is 0 Å². The first-order valence-corrected chi connectivity index (χ1v) is 22.8. The summed E-state index contributed by atoms with van der Waals surface area (Å²) in [5.41, 5.74) is 30.2. The van der Waals surface area contributed by atoms with E-state index in [0.29, 0.717) is 11.8 Å². The summed E-state index contributed by atoms with van der Waals surface area (Å²) >= 11 is 3.62. The molecule has 0 spiro atoms. The van der Waals surface area contributed by atoms with Gasteiger partial charge in [0.25, 0.3) is 0 Å². The van der Waals surface area contributed by atoms with Gasteiger partial charge in [-0.05, 0) is 204 Å². The van der Waals surface area contributed by atoms with Gasteiger partial charge in [0.2, 0.25) is 0 Å². The van der Waals surface area contributed by atoms with Crippen LogP contribution in [-0.2, 0) is 31.0 Å². The first kappa shape index (κ1) is 40.8. The lowest BCUT2D eigenvalue weighted by Gasteiger charge is -2.17. The highest BCUT2D eigenvalue weighted by molar-refractivity contribution is 9.08. The van der Waals surface area contributed by atoms with E-state index in [1.54, 1.807) is 11.1 Å². The Bertz CT molecular complexity index is 2660. The fourth-order valence-corrected chi connectivity index (χ4v) is 10.2. The normalized spacial score (nSPS) is 16.4. The lowest BCUT2D eigenvalue weighted by Crippen LogP contribution is -2.03. The molecule has 2 unspecified atom stereocenters. The second kappa shape index (κ2) is 17.3. The standard InChI is InChI=1S/C29H28.C18H19Br.C11H12/c1-18-13-23-9-10-25(28(23)15-20(18)3)17-22-7-5-6-8-26(22)27-12-11-24-14-19(2)21(4)16-29(24)27;1-12-9-14-7-8-17(18(14)10-13(12)2)16-6-4-3-5-15(16)11-19;1-8-6-10-4-3-5-11(10)7-9(8)2/h5-10,12-16,25H,11,17H2,1-4H3;3-6,9-10,17H,7-8,11H2,1-2H3;3-4,6-7H,5H2,1-2H3. The third-order valence-electron chi connectivity index (χ3n) is 13.7. The smallest absolute Gasteiger partial charge is 0.0286 e. The molecule has 0 saturated heterocycles. The number of halogens is 1. The van der Waals surface area contributed by atoms with Crippen molar-refractivity contribution in [3.05, 3.63) is 227 Å². The van der Waals surface area contributed by atoms with Gasteiger partial charge in [-0.2, -0.15) is 0 Å². The van der Waals surface area contributed by atoms with Crippen LogP contribution >= 0.6 is 15.9 Å². The van der Waals surface area contributed by atoms with Gasteiger partial charge in [-0.3, -0.25) is 0 Å². The second-order valence-electron chi connectivity index (χ2n) is 17.6. The molecule has 298 valence electrons. The van der Waals surface area contributed by atoms with Gasteiger partial charge in [0.15, 0.2) is 0 Å². The monoisotopic (exact) mass is 834 g/mol. The lowest BCUT2D eigenvalue weighted by molar-refractivity contribution is 0.781. The Balaban J connectivity index is 0.000000137. The minimum Gasteiger partial charge on any atom is -0.0876 e. The molecule has 0 N–H and O–H groups in total. The van der Waals surface area contributed by atoms with E-state index < -0.39 is 0 Å². The summed E-state index contributed by atoms with van der Waals surface area (Å²) in [5, 5.41) is 0.944. The molecule has 0 aliphatic heterocycles. The van der Waals surface area contributed by atoms with Gasteiger partial charge in [0, 0.05) is 17.2 Å². The molecule has 0 heterocycles. The summed E-state index contributed by atoms with van der Waals surface area (Å²) in [4.78, 5) is 0. The fourth-order valence-electron chi connectivity index (χ4n) is 9.65. The average molecular weight is 836 g/mol. The largest absolute Gasteiger partial charge is 0.0876 e. The van der Waals surface area contributed by atoms with Crippen molar-refractivity contribution in [1.82, 2.24) is 0 Å². The summed E-state index contributed by atoms with van der Waals surface area (Å²) in [5.74, 6) is 1.05. The quantitative estimate of drug-likeness (QED) is 0.152. The van der Waals surface area contributed by atoms with Crippen molar-refractivity contribution in [2.24, 2.45) is 0 Å². The molecule has 10 rings (SSSR count). The Morgan fingerprint density at radius 3 is 1.85 bits per heavy atom. The summed E-state index contributed by atoms with van der Waals surface area (Å²) in [7, 11) is 0. The molecule has 4 aliphatic carbocycles. The van der Waals surface area contributed by atoms with Gasteiger partial charge in [-0.25, -0.2) is 0 Å².